The molecule has 2 aromatic rings. The van der Waals surface area contributed by atoms with Crippen molar-refractivity contribution in [2.75, 3.05) is 14.2 Å². The highest BCUT2D eigenvalue weighted by atomic mass is 16.6. The van der Waals surface area contributed by atoms with Gasteiger partial charge in [0.15, 0.2) is 11.5 Å². The van der Waals surface area contributed by atoms with E-state index in [1.165, 1.54) is 0 Å². The highest BCUT2D eigenvalue weighted by molar-refractivity contribution is 5.96. The molecule has 1 aliphatic carbocycles. The summed E-state index contributed by atoms with van der Waals surface area (Å²) < 4.78 is 16.8. The summed E-state index contributed by atoms with van der Waals surface area (Å²) in [5, 5.41) is 2.90. The lowest BCUT2D eigenvalue weighted by molar-refractivity contribution is -0.164. The van der Waals surface area contributed by atoms with E-state index in [2.05, 4.69) is 19.2 Å². The summed E-state index contributed by atoms with van der Waals surface area (Å²) in [5.41, 5.74) is 0.813. The molecule has 0 unspecified atom stereocenters. The van der Waals surface area contributed by atoms with Gasteiger partial charge in [0.1, 0.15) is 11.6 Å². The van der Waals surface area contributed by atoms with E-state index >= 15 is 0 Å². The lowest BCUT2D eigenvalue weighted by Gasteiger charge is -2.39. The van der Waals surface area contributed by atoms with Crippen molar-refractivity contribution in [3.8, 4) is 11.5 Å². The quantitative estimate of drug-likeness (QED) is 0.514. The zero-order chi connectivity index (χ0) is 24.7. The van der Waals surface area contributed by atoms with Crippen LogP contribution in [0.2, 0.25) is 0 Å². The first kappa shape index (κ1) is 25.6. The van der Waals surface area contributed by atoms with Gasteiger partial charge < -0.3 is 19.5 Å². The van der Waals surface area contributed by atoms with Crippen LogP contribution in [0.5, 0.6) is 11.5 Å². The molecule has 2 aromatic carbocycles. The van der Waals surface area contributed by atoms with Gasteiger partial charge in [-0.05, 0) is 74.3 Å². The van der Waals surface area contributed by atoms with Crippen molar-refractivity contribution in [3.05, 3.63) is 59.7 Å². The third kappa shape index (κ3) is 6.52. The second-order valence-corrected chi connectivity index (χ2v) is 9.74. The number of nitrogens with one attached hydrogen (secondary N) is 1. The summed E-state index contributed by atoms with van der Waals surface area (Å²) >= 11 is 0. The monoisotopic (exact) mass is 467 g/mol. The SMILES string of the molecule is COc1ccc(C[C@@H](NC(=O)c2ccccc2)C(=O)OC2(C)CCC(C(C)C)CC2)cc1OC. The lowest BCUT2D eigenvalue weighted by Crippen LogP contribution is -2.47. The third-order valence-electron chi connectivity index (χ3n) is 6.89. The van der Waals surface area contributed by atoms with E-state index < -0.39 is 17.6 Å². The summed E-state index contributed by atoms with van der Waals surface area (Å²) in [6, 6.07) is 13.5. The Bertz CT molecular complexity index is 964. The molecule has 1 N–H and O–H groups in total. The molecular weight excluding hydrogens is 430 g/mol. The second kappa shape index (κ2) is 11.4. The van der Waals surface area contributed by atoms with E-state index in [-0.39, 0.29) is 12.3 Å². The summed E-state index contributed by atoms with van der Waals surface area (Å²) in [6.45, 7) is 6.50. The van der Waals surface area contributed by atoms with E-state index in [1.807, 2.05) is 25.1 Å². The Balaban J connectivity index is 1.78. The van der Waals surface area contributed by atoms with E-state index in [0.717, 1.165) is 31.2 Å². The molecule has 34 heavy (non-hydrogen) atoms. The van der Waals surface area contributed by atoms with Crippen molar-refractivity contribution in [2.24, 2.45) is 11.8 Å². The topological polar surface area (TPSA) is 73.9 Å². The van der Waals surface area contributed by atoms with Gasteiger partial charge in [-0.25, -0.2) is 4.79 Å². The maximum Gasteiger partial charge on any atom is 0.329 e. The van der Waals surface area contributed by atoms with Gasteiger partial charge in [0.2, 0.25) is 0 Å². The van der Waals surface area contributed by atoms with Crippen LogP contribution in [-0.2, 0) is 16.0 Å². The van der Waals surface area contributed by atoms with Gasteiger partial charge in [0.25, 0.3) is 5.91 Å². The van der Waals surface area contributed by atoms with Gasteiger partial charge in [0, 0.05) is 12.0 Å². The fourth-order valence-electron chi connectivity index (χ4n) is 4.60. The van der Waals surface area contributed by atoms with Gasteiger partial charge in [0.05, 0.1) is 14.2 Å². The number of ether oxygens (including phenoxy) is 3. The lowest BCUT2D eigenvalue weighted by atomic mass is 9.75. The molecule has 0 aromatic heterocycles. The Morgan fingerprint density at radius 3 is 2.24 bits per heavy atom. The minimum Gasteiger partial charge on any atom is -0.493 e. The zero-order valence-corrected chi connectivity index (χ0v) is 20.9. The minimum absolute atomic E-state index is 0.280. The number of amides is 1. The highest BCUT2D eigenvalue weighted by Gasteiger charge is 2.37. The molecular formula is C28H37NO5. The average Bonchev–Trinajstić information content (AvgIpc) is 2.84. The smallest absolute Gasteiger partial charge is 0.329 e. The highest BCUT2D eigenvalue weighted by Crippen LogP contribution is 2.38. The van der Waals surface area contributed by atoms with Crippen molar-refractivity contribution in [2.45, 2.75) is 64.5 Å². The molecule has 0 heterocycles. The van der Waals surface area contributed by atoms with Crippen molar-refractivity contribution >= 4 is 11.9 Å². The van der Waals surface area contributed by atoms with Crippen LogP contribution < -0.4 is 14.8 Å². The number of benzene rings is 2. The Hall–Kier alpha value is -3.02. The van der Waals surface area contributed by atoms with E-state index in [4.69, 9.17) is 14.2 Å². The number of methoxy groups -OCH3 is 2. The predicted octanol–water partition coefficient (Wildman–Crippen LogP) is 5.19. The third-order valence-corrected chi connectivity index (χ3v) is 6.89. The largest absolute Gasteiger partial charge is 0.493 e. The van der Waals surface area contributed by atoms with E-state index in [0.29, 0.717) is 28.9 Å². The number of rotatable bonds is 9. The first-order valence-corrected chi connectivity index (χ1v) is 12.0. The maximum atomic E-state index is 13.4. The molecule has 0 radical (unpaired) electrons. The Labute approximate surface area is 203 Å². The predicted molar refractivity (Wildman–Crippen MR) is 132 cm³/mol. The number of carbonyl (C=O) groups excluding carboxylic acids is 2. The van der Waals surface area contributed by atoms with Crippen LogP contribution in [0.15, 0.2) is 48.5 Å². The molecule has 0 aliphatic heterocycles. The fourth-order valence-corrected chi connectivity index (χ4v) is 4.60. The van der Waals surface area contributed by atoms with Crippen LogP contribution in [0, 0.1) is 11.8 Å². The average molecular weight is 468 g/mol. The molecule has 6 nitrogen and oxygen atoms in total. The second-order valence-electron chi connectivity index (χ2n) is 9.74. The first-order chi connectivity index (χ1) is 16.2. The molecule has 0 spiro atoms. The summed E-state index contributed by atoms with van der Waals surface area (Å²) in [5.74, 6) is 1.74. The molecule has 0 bridgehead atoms. The van der Waals surface area contributed by atoms with Gasteiger partial charge in [-0.1, -0.05) is 38.1 Å². The van der Waals surface area contributed by atoms with Crippen LogP contribution in [0.3, 0.4) is 0 Å². The fraction of sp³-hybridized carbons (Fsp3) is 0.500. The summed E-state index contributed by atoms with van der Waals surface area (Å²) in [7, 11) is 3.14. The zero-order valence-electron chi connectivity index (χ0n) is 20.9. The Morgan fingerprint density at radius 1 is 1.00 bits per heavy atom. The van der Waals surface area contributed by atoms with Gasteiger partial charge in [-0.15, -0.1) is 0 Å². The van der Waals surface area contributed by atoms with Crippen LogP contribution in [0.25, 0.3) is 0 Å². The number of hydrogen-bond acceptors (Lipinski definition) is 5. The van der Waals surface area contributed by atoms with Gasteiger partial charge in [-0.2, -0.15) is 0 Å². The van der Waals surface area contributed by atoms with Gasteiger partial charge >= 0.3 is 5.97 Å². The van der Waals surface area contributed by atoms with Crippen molar-refractivity contribution in [1.82, 2.24) is 5.32 Å². The molecule has 184 valence electrons. The number of hydrogen-bond donors (Lipinski definition) is 1. The Kier molecular flexibility index (Phi) is 8.59. The standard InChI is InChI=1S/C28H37NO5/c1-19(2)21-13-15-28(3,16-14-21)34-27(31)23(29-26(30)22-9-7-6-8-10-22)17-20-11-12-24(32-4)25(18-20)33-5/h6-12,18-19,21,23H,13-17H2,1-5H3,(H,29,30)/t21?,23-,28?/m1/s1. The first-order valence-electron chi connectivity index (χ1n) is 12.0. The summed E-state index contributed by atoms with van der Waals surface area (Å²) in [4.78, 5) is 26.3. The summed E-state index contributed by atoms with van der Waals surface area (Å²) in [6.07, 6.45) is 4.02. The normalized spacial score (nSPS) is 20.9. The van der Waals surface area contributed by atoms with Crippen LogP contribution >= 0.6 is 0 Å². The van der Waals surface area contributed by atoms with Crippen molar-refractivity contribution in [3.63, 3.8) is 0 Å². The molecule has 1 saturated carbocycles. The minimum atomic E-state index is -0.828. The molecule has 1 amide bonds. The van der Waals surface area contributed by atoms with E-state index in [1.54, 1.807) is 44.6 Å². The molecule has 1 fully saturated rings. The van der Waals surface area contributed by atoms with Crippen LogP contribution in [0.1, 0.15) is 62.4 Å². The maximum absolute atomic E-state index is 13.4. The molecule has 0 saturated heterocycles. The molecule has 1 atom stereocenters. The molecule has 1 aliphatic rings. The number of carbonyl (C=O) groups is 2. The van der Waals surface area contributed by atoms with Crippen LogP contribution in [-0.4, -0.2) is 37.7 Å². The number of esters is 1. The molecule has 6 heteroatoms. The Morgan fingerprint density at radius 2 is 1.65 bits per heavy atom. The molecule has 3 rings (SSSR count). The van der Waals surface area contributed by atoms with Crippen molar-refractivity contribution < 1.29 is 23.8 Å². The van der Waals surface area contributed by atoms with Gasteiger partial charge in [-0.3, -0.25) is 4.79 Å². The van der Waals surface area contributed by atoms with Crippen molar-refractivity contribution in [1.29, 1.82) is 0 Å². The van der Waals surface area contributed by atoms with E-state index in [9.17, 15) is 9.59 Å². The van der Waals surface area contributed by atoms with Crippen LogP contribution in [0.4, 0.5) is 0 Å².